The molecular formula is C9H9ClN2. The van der Waals surface area contributed by atoms with E-state index in [4.69, 9.17) is 11.6 Å². The summed E-state index contributed by atoms with van der Waals surface area (Å²) in [6, 6.07) is 6.06. The summed E-state index contributed by atoms with van der Waals surface area (Å²) in [6.07, 6.45) is 0. The molecule has 2 nitrogen and oxygen atoms in total. The van der Waals surface area contributed by atoms with Crippen molar-refractivity contribution in [3.8, 4) is 0 Å². The molecule has 0 aliphatic carbocycles. The van der Waals surface area contributed by atoms with Crippen LogP contribution in [0.1, 0.15) is 5.56 Å². The number of hydrogen-bond donors (Lipinski definition) is 0. The van der Waals surface area contributed by atoms with Gasteiger partial charge in [0.05, 0.1) is 11.0 Å². The van der Waals surface area contributed by atoms with Gasteiger partial charge in [-0.3, -0.25) is 0 Å². The molecule has 0 fully saturated rings. The first-order valence-corrected chi connectivity index (χ1v) is 4.15. The quantitative estimate of drug-likeness (QED) is 0.609. The summed E-state index contributed by atoms with van der Waals surface area (Å²) in [5.74, 6) is 0. The number of fused-ring (bicyclic) bond motifs is 1. The number of benzene rings is 1. The van der Waals surface area contributed by atoms with Crippen molar-refractivity contribution >= 4 is 22.6 Å². The fourth-order valence-corrected chi connectivity index (χ4v) is 1.50. The minimum atomic E-state index is 0.541. The number of halogens is 1. The number of aryl methyl sites for hydroxylation is 2. The Labute approximate surface area is 75.8 Å². The SMILES string of the molecule is Cc1cccc2c1nc(Cl)n2C. The van der Waals surface area contributed by atoms with Gasteiger partial charge in [0.1, 0.15) is 0 Å². The van der Waals surface area contributed by atoms with Gasteiger partial charge in [0.25, 0.3) is 0 Å². The summed E-state index contributed by atoms with van der Waals surface area (Å²) in [5, 5.41) is 0.541. The van der Waals surface area contributed by atoms with Crippen LogP contribution in [0.5, 0.6) is 0 Å². The second-order valence-electron chi connectivity index (χ2n) is 2.88. The largest absolute Gasteiger partial charge is 0.318 e. The number of hydrogen-bond acceptors (Lipinski definition) is 1. The van der Waals surface area contributed by atoms with Crippen LogP contribution in [0.15, 0.2) is 18.2 Å². The van der Waals surface area contributed by atoms with Crippen molar-refractivity contribution in [2.24, 2.45) is 7.05 Å². The third-order valence-corrected chi connectivity index (χ3v) is 2.40. The first-order valence-electron chi connectivity index (χ1n) is 3.77. The third-order valence-electron chi connectivity index (χ3n) is 2.06. The predicted molar refractivity (Wildman–Crippen MR) is 50.5 cm³/mol. The van der Waals surface area contributed by atoms with Crippen LogP contribution in [-0.4, -0.2) is 9.55 Å². The summed E-state index contributed by atoms with van der Waals surface area (Å²) in [6.45, 7) is 2.03. The predicted octanol–water partition coefficient (Wildman–Crippen LogP) is 2.54. The third kappa shape index (κ3) is 0.916. The van der Waals surface area contributed by atoms with Crippen molar-refractivity contribution in [2.75, 3.05) is 0 Å². The monoisotopic (exact) mass is 180 g/mol. The topological polar surface area (TPSA) is 17.8 Å². The van der Waals surface area contributed by atoms with Gasteiger partial charge in [-0.25, -0.2) is 4.98 Å². The van der Waals surface area contributed by atoms with Crippen LogP contribution in [0.25, 0.3) is 11.0 Å². The molecule has 0 spiro atoms. The number of nitrogens with zero attached hydrogens (tertiary/aromatic N) is 2. The Morgan fingerprint density at radius 3 is 2.83 bits per heavy atom. The van der Waals surface area contributed by atoms with Crippen molar-refractivity contribution in [1.29, 1.82) is 0 Å². The molecule has 1 aromatic carbocycles. The average molecular weight is 181 g/mol. The van der Waals surface area contributed by atoms with Gasteiger partial charge in [-0.15, -0.1) is 0 Å². The number of imidazole rings is 1. The second kappa shape index (κ2) is 2.49. The molecule has 12 heavy (non-hydrogen) atoms. The fourth-order valence-electron chi connectivity index (χ4n) is 1.33. The second-order valence-corrected chi connectivity index (χ2v) is 3.22. The standard InChI is InChI=1S/C9H9ClN2/c1-6-4-3-5-7-8(6)11-9(10)12(7)2/h3-5H,1-2H3. The van der Waals surface area contributed by atoms with E-state index in [0.29, 0.717) is 5.28 Å². The summed E-state index contributed by atoms with van der Waals surface area (Å²) in [5.41, 5.74) is 3.24. The highest BCUT2D eigenvalue weighted by Crippen LogP contribution is 2.20. The average Bonchev–Trinajstić information content (AvgIpc) is 2.32. The Morgan fingerprint density at radius 2 is 2.17 bits per heavy atom. The Kier molecular flexibility index (Phi) is 1.58. The van der Waals surface area contributed by atoms with E-state index in [9.17, 15) is 0 Å². The van der Waals surface area contributed by atoms with E-state index < -0.39 is 0 Å². The van der Waals surface area contributed by atoms with Gasteiger partial charge in [0, 0.05) is 7.05 Å². The Hall–Kier alpha value is -1.02. The summed E-state index contributed by atoms with van der Waals surface area (Å²) < 4.78 is 1.88. The minimum absolute atomic E-state index is 0.541. The van der Waals surface area contributed by atoms with Gasteiger partial charge < -0.3 is 4.57 Å². The van der Waals surface area contributed by atoms with Crippen molar-refractivity contribution < 1.29 is 0 Å². The van der Waals surface area contributed by atoms with Crippen molar-refractivity contribution in [3.05, 3.63) is 29.0 Å². The normalized spacial score (nSPS) is 10.9. The van der Waals surface area contributed by atoms with Gasteiger partial charge in [-0.2, -0.15) is 0 Å². The lowest BCUT2D eigenvalue weighted by atomic mass is 10.2. The van der Waals surface area contributed by atoms with Crippen LogP contribution in [0.4, 0.5) is 0 Å². The molecule has 2 aromatic rings. The number of para-hydroxylation sites is 1. The molecule has 0 atom stereocenters. The van der Waals surface area contributed by atoms with Gasteiger partial charge in [-0.05, 0) is 30.2 Å². The molecule has 0 unspecified atom stereocenters. The zero-order valence-corrected chi connectivity index (χ0v) is 7.76. The maximum Gasteiger partial charge on any atom is 0.203 e. The highest BCUT2D eigenvalue weighted by atomic mass is 35.5. The fraction of sp³-hybridized carbons (Fsp3) is 0.222. The Bertz CT molecular complexity index is 431. The van der Waals surface area contributed by atoms with E-state index in [1.54, 1.807) is 0 Å². The molecule has 0 saturated heterocycles. The molecule has 0 N–H and O–H groups in total. The summed E-state index contributed by atoms with van der Waals surface area (Å²) in [4.78, 5) is 4.24. The lowest BCUT2D eigenvalue weighted by Gasteiger charge is -1.95. The van der Waals surface area contributed by atoms with Gasteiger partial charge >= 0.3 is 0 Å². The lowest BCUT2D eigenvalue weighted by molar-refractivity contribution is 0.949. The maximum atomic E-state index is 5.88. The Balaban J connectivity index is 2.95. The molecular weight excluding hydrogens is 172 g/mol. The first kappa shape index (κ1) is 7.62. The molecule has 3 heteroatoms. The lowest BCUT2D eigenvalue weighted by Crippen LogP contribution is -1.85. The molecule has 1 aromatic heterocycles. The molecule has 0 saturated carbocycles. The number of rotatable bonds is 0. The van der Waals surface area contributed by atoms with E-state index in [0.717, 1.165) is 16.6 Å². The zero-order valence-electron chi connectivity index (χ0n) is 7.00. The molecule has 2 rings (SSSR count). The van der Waals surface area contributed by atoms with Crippen LogP contribution in [0.3, 0.4) is 0 Å². The van der Waals surface area contributed by atoms with Crippen LogP contribution in [-0.2, 0) is 7.05 Å². The van der Waals surface area contributed by atoms with E-state index in [-0.39, 0.29) is 0 Å². The van der Waals surface area contributed by atoms with Crippen LogP contribution >= 0.6 is 11.6 Å². The van der Waals surface area contributed by atoms with Gasteiger partial charge in [0.15, 0.2) is 0 Å². The van der Waals surface area contributed by atoms with E-state index >= 15 is 0 Å². The highest BCUT2D eigenvalue weighted by Gasteiger charge is 2.05. The summed E-state index contributed by atoms with van der Waals surface area (Å²) >= 11 is 5.88. The molecule has 0 bridgehead atoms. The van der Waals surface area contributed by atoms with E-state index in [1.807, 2.05) is 36.7 Å². The van der Waals surface area contributed by atoms with Crippen molar-refractivity contribution in [2.45, 2.75) is 6.92 Å². The molecule has 1 heterocycles. The van der Waals surface area contributed by atoms with Gasteiger partial charge in [0.2, 0.25) is 5.28 Å². The van der Waals surface area contributed by atoms with Crippen molar-refractivity contribution in [1.82, 2.24) is 9.55 Å². The van der Waals surface area contributed by atoms with Crippen LogP contribution < -0.4 is 0 Å². The first-order chi connectivity index (χ1) is 5.70. The number of aromatic nitrogens is 2. The van der Waals surface area contributed by atoms with E-state index in [2.05, 4.69) is 4.98 Å². The minimum Gasteiger partial charge on any atom is -0.318 e. The molecule has 0 aliphatic rings. The summed E-state index contributed by atoms with van der Waals surface area (Å²) in [7, 11) is 1.91. The van der Waals surface area contributed by atoms with Crippen molar-refractivity contribution in [3.63, 3.8) is 0 Å². The highest BCUT2D eigenvalue weighted by molar-refractivity contribution is 6.29. The Morgan fingerprint density at radius 1 is 1.42 bits per heavy atom. The van der Waals surface area contributed by atoms with E-state index in [1.165, 1.54) is 0 Å². The van der Waals surface area contributed by atoms with Gasteiger partial charge in [-0.1, -0.05) is 12.1 Å². The maximum absolute atomic E-state index is 5.88. The van der Waals surface area contributed by atoms with Crippen LogP contribution in [0, 0.1) is 6.92 Å². The smallest absolute Gasteiger partial charge is 0.203 e. The zero-order chi connectivity index (χ0) is 8.72. The molecule has 0 amide bonds. The molecule has 0 aliphatic heterocycles. The van der Waals surface area contributed by atoms with Crippen LogP contribution in [0.2, 0.25) is 5.28 Å². The molecule has 0 radical (unpaired) electrons. The molecule has 62 valence electrons.